The van der Waals surface area contributed by atoms with Gasteiger partial charge in [-0.2, -0.15) is 5.10 Å². The molecule has 1 aromatic carbocycles. The van der Waals surface area contributed by atoms with Crippen LogP contribution >= 0.6 is 0 Å². The highest BCUT2D eigenvalue weighted by atomic mass is 19.2. The van der Waals surface area contributed by atoms with Gasteiger partial charge in [0.1, 0.15) is 0 Å². The van der Waals surface area contributed by atoms with Gasteiger partial charge in [-0.05, 0) is 24.7 Å². The zero-order valence-corrected chi connectivity index (χ0v) is 10.4. The van der Waals surface area contributed by atoms with Crippen LogP contribution in [0.4, 0.5) is 8.78 Å². The molecule has 1 N–H and O–H groups in total. The number of rotatable bonds is 4. The maximum atomic E-state index is 13.2. The zero-order valence-electron chi connectivity index (χ0n) is 10.4. The Morgan fingerprint density at radius 2 is 2.06 bits per heavy atom. The number of hydrogen-bond donors (Lipinski definition) is 1. The van der Waals surface area contributed by atoms with Crippen molar-refractivity contribution in [2.45, 2.75) is 13.5 Å². The van der Waals surface area contributed by atoms with Crippen LogP contribution in [-0.2, 0) is 13.6 Å². The van der Waals surface area contributed by atoms with E-state index in [1.54, 1.807) is 11.7 Å². The zero-order chi connectivity index (χ0) is 13.1. The quantitative estimate of drug-likeness (QED) is 0.904. The number of hydrogen-bond acceptors (Lipinski definition) is 2. The summed E-state index contributed by atoms with van der Waals surface area (Å²) < 4.78 is 27.8. The molecule has 1 heterocycles. The molecule has 0 saturated heterocycles. The monoisotopic (exact) mass is 251 g/mol. The van der Waals surface area contributed by atoms with Crippen LogP contribution in [0.25, 0.3) is 11.3 Å². The molecular formula is C13H15F2N3. The molecule has 0 radical (unpaired) electrons. The fourth-order valence-electron chi connectivity index (χ4n) is 1.81. The average Bonchev–Trinajstić information content (AvgIpc) is 2.71. The van der Waals surface area contributed by atoms with Crippen LogP contribution in [0.1, 0.15) is 12.5 Å². The van der Waals surface area contributed by atoms with E-state index in [0.29, 0.717) is 17.8 Å². The first kappa shape index (κ1) is 12.7. The Kier molecular flexibility index (Phi) is 3.72. The summed E-state index contributed by atoms with van der Waals surface area (Å²) in [7, 11) is 1.80. The van der Waals surface area contributed by atoms with E-state index in [2.05, 4.69) is 10.4 Å². The number of halogens is 2. The molecule has 1 aromatic heterocycles. The highest BCUT2D eigenvalue weighted by Gasteiger charge is 2.12. The summed E-state index contributed by atoms with van der Waals surface area (Å²) in [6.07, 6.45) is 1.87. The lowest BCUT2D eigenvalue weighted by molar-refractivity contribution is 0.509. The number of nitrogens with one attached hydrogen (secondary N) is 1. The van der Waals surface area contributed by atoms with Gasteiger partial charge in [-0.1, -0.05) is 6.92 Å². The Morgan fingerprint density at radius 1 is 1.28 bits per heavy atom. The van der Waals surface area contributed by atoms with Crippen LogP contribution in [0.5, 0.6) is 0 Å². The number of benzene rings is 1. The predicted octanol–water partition coefficient (Wildman–Crippen LogP) is 2.47. The Morgan fingerprint density at radius 3 is 2.72 bits per heavy atom. The molecular weight excluding hydrogens is 236 g/mol. The minimum Gasteiger partial charge on any atom is -0.313 e. The lowest BCUT2D eigenvalue weighted by Gasteiger charge is -2.03. The Hall–Kier alpha value is -1.75. The first-order valence-corrected chi connectivity index (χ1v) is 5.80. The standard InChI is InChI=1S/C13H15F2N3/c1-3-16-7-10-8-18(2)17-13(10)9-4-5-11(14)12(15)6-9/h4-6,8,16H,3,7H2,1-2H3. The van der Waals surface area contributed by atoms with Crippen LogP contribution in [0, 0.1) is 11.6 Å². The first-order chi connectivity index (χ1) is 8.61. The molecule has 0 bridgehead atoms. The van der Waals surface area contributed by atoms with Gasteiger partial charge in [0.15, 0.2) is 11.6 Å². The number of nitrogens with zero attached hydrogens (tertiary/aromatic N) is 2. The first-order valence-electron chi connectivity index (χ1n) is 5.80. The molecule has 0 aliphatic heterocycles. The van der Waals surface area contributed by atoms with Crippen molar-refractivity contribution in [2.24, 2.45) is 7.05 Å². The van der Waals surface area contributed by atoms with E-state index in [1.165, 1.54) is 12.1 Å². The second-order valence-electron chi connectivity index (χ2n) is 4.09. The van der Waals surface area contributed by atoms with Crippen LogP contribution < -0.4 is 5.32 Å². The molecule has 5 heteroatoms. The Labute approximate surface area is 104 Å². The largest absolute Gasteiger partial charge is 0.313 e. The molecule has 0 atom stereocenters. The lowest BCUT2D eigenvalue weighted by atomic mass is 10.1. The summed E-state index contributed by atoms with van der Waals surface area (Å²) in [6.45, 7) is 3.50. The van der Waals surface area contributed by atoms with Gasteiger partial charge in [0.05, 0.1) is 5.69 Å². The summed E-state index contributed by atoms with van der Waals surface area (Å²) >= 11 is 0. The number of aromatic nitrogens is 2. The van der Waals surface area contributed by atoms with Gasteiger partial charge in [0.2, 0.25) is 0 Å². The summed E-state index contributed by atoms with van der Waals surface area (Å²) in [4.78, 5) is 0. The second kappa shape index (κ2) is 5.27. The summed E-state index contributed by atoms with van der Waals surface area (Å²) in [5.74, 6) is -1.70. The van der Waals surface area contributed by atoms with E-state index in [-0.39, 0.29) is 0 Å². The highest BCUT2D eigenvalue weighted by molar-refractivity contribution is 5.62. The molecule has 2 aromatic rings. The van der Waals surface area contributed by atoms with Gasteiger partial charge in [-0.15, -0.1) is 0 Å². The smallest absolute Gasteiger partial charge is 0.159 e. The van der Waals surface area contributed by atoms with Gasteiger partial charge < -0.3 is 5.32 Å². The average molecular weight is 251 g/mol. The van der Waals surface area contributed by atoms with Crippen molar-refractivity contribution in [3.8, 4) is 11.3 Å². The van der Waals surface area contributed by atoms with Crippen molar-refractivity contribution < 1.29 is 8.78 Å². The summed E-state index contributed by atoms with van der Waals surface area (Å²) in [6, 6.07) is 3.83. The van der Waals surface area contributed by atoms with Crippen LogP contribution in [0.15, 0.2) is 24.4 Å². The molecule has 2 rings (SSSR count). The second-order valence-corrected chi connectivity index (χ2v) is 4.09. The van der Waals surface area contributed by atoms with E-state index in [9.17, 15) is 8.78 Å². The summed E-state index contributed by atoms with van der Waals surface area (Å²) in [5.41, 5.74) is 2.23. The van der Waals surface area contributed by atoms with Crippen molar-refractivity contribution in [2.75, 3.05) is 6.54 Å². The Balaban J connectivity index is 2.39. The van der Waals surface area contributed by atoms with Crippen molar-refractivity contribution in [3.63, 3.8) is 0 Å². The molecule has 3 nitrogen and oxygen atoms in total. The fraction of sp³-hybridized carbons (Fsp3) is 0.308. The van der Waals surface area contributed by atoms with Crippen LogP contribution in [-0.4, -0.2) is 16.3 Å². The van der Waals surface area contributed by atoms with Gasteiger partial charge >= 0.3 is 0 Å². The van der Waals surface area contributed by atoms with Crippen LogP contribution in [0.3, 0.4) is 0 Å². The van der Waals surface area contributed by atoms with Crippen molar-refractivity contribution in [1.82, 2.24) is 15.1 Å². The molecule has 0 amide bonds. The fourth-order valence-corrected chi connectivity index (χ4v) is 1.81. The molecule has 0 spiro atoms. The minimum absolute atomic E-state index is 0.586. The molecule has 96 valence electrons. The van der Waals surface area contributed by atoms with E-state index in [0.717, 1.165) is 18.2 Å². The third kappa shape index (κ3) is 2.56. The third-order valence-corrected chi connectivity index (χ3v) is 2.66. The van der Waals surface area contributed by atoms with Gasteiger partial charge in [-0.3, -0.25) is 4.68 Å². The van der Waals surface area contributed by atoms with Gasteiger partial charge in [0.25, 0.3) is 0 Å². The van der Waals surface area contributed by atoms with E-state index >= 15 is 0 Å². The molecule has 0 aliphatic carbocycles. The summed E-state index contributed by atoms with van der Waals surface area (Å²) in [5, 5.41) is 7.48. The van der Waals surface area contributed by atoms with E-state index < -0.39 is 11.6 Å². The predicted molar refractivity (Wildman–Crippen MR) is 65.9 cm³/mol. The third-order valence-electron chi connectivity index (χ3n) is 2.66. The molecule has 0 aliphatic rings. The maximum Gasteiger partial charge on any atom is 0.159 e. The normalized spacial score (nSPS) is 10.9. The lowest BCUT2D eigenvalue weighted by Crippen LogP contribution is -2.11. The molecule has 0 saturated carbocycles. The molecule has 0 unspecified atom stereocenters. The number of aryl methyl sites for hydroxylation is 1. The molecule has 18 heavy (non-hydrogen) atoms. The highest BCUT2D eigenvalue weighted by Crippen LogP contribution is 2.23. The van der Waals surface area contributed by atoms with Gasteiger partial charge in [0, 0.05) is 30.9 Å². The Bertz CT molecular complexity index is 549. The van der Waals surface area contributed by atoms with Crippen molar-refractivity contribution in [1.29, 1.82) is 0 Å². The van der Waals surface area contributed by atoms with E-state index in [1.807, 2.05) is 13.1 Å². The van der Waals surface area contributed by atoms with Crippen molar-refractivity contribution >= 4 is 0 Å². The minimum atomic E-state index is -0.854. The van der Waals surface area contributed by atoms with E-state index in [4.69, 9.17) is 0 Å². The maximum absolute atomic E-state index is 13.2. The van der Waals surface area contributed by atoms with Crippen LogP contribution in [0.2, 0.25) is 0 Å². The van der Waals surface area contributed by atoms with Crippen molar-refractivity contribution in [3.05, 3.63) is 41.6 Å². The SMILES string of the molecule is CCNCc1cn(C)nc1-c1ccc(F)c(F)c1. The molecule has 0 fully saturated rings. The van der Waals surface area contributed by atoms with Gasteiger partial charge in [-0.25, -0.2) is 8.78 Å². The topological polar surface area (TPSA) is 29.9 Å².